The Morgan fingerprint density at radius 3 is 1.57 bits per heavy atom. The monoisotopic (exact) mass is 1030 g/mol. The fourth-order valence-corrected chi connectivity index (χ4v) is 6.94. The zero-order chi connectivity index (χ0) is 53.9. The van der Waals surface area contributed by atoms with Gasteiger partial charge >= 0.3 is 0 Å². The van der Waals surface area contributed by atoms with Gasteiger partial charge in [-0.05, 0) is 114 Å². The molecular weight excluding hydrogens is 975 g/mol. The van der Waals surface area contributed by atoms with E-state index < -0.39 is 99.3 Å². The number of carbonyl (C=O) groups excluding carboxylic acids is 1. The van der Waals surface area contributed by atoms with Crippen LogP contribution in [0.4, 0.5) is 0 Å². The fraction of sp³-hybridized carbons (Fsp3) is 0.518. The molecule has 0 aromatic heterocycles. The number of amides is 1. The second kappa shape index (κ2) is 42.1. The lowest BCUT2D eigenvalue weighted by Crippen LogP contribution is -2.65. The Morgan fingerprint density at radius 2 is 1.08 bits per heavy atom. The van der Waals surface area contributed by atoms with Gasteiger partial charge in [0.15, 0.2) is 24.9 Å². The number of hydrogen-bond acceptors (Lipinski definition) is 17. The first kappa shape index (κ1) is 63.8. The van der Waals surface area contributed by atoms with Crippen LogP contribution in [0.2, 0.25) is 0 Å². The maximum atomic E-state index is 12.9. The van der Waals surface area contributed by atoms with E-state index in [1.54, 1.807) is 13.0 Å². The Hall–Kier alpha value is -6.32. The molecule has 0 aromatic carbocycles. The lowest BCUT2D eigenvalue weighted by Gasteiger charge is -2.46. The smallest absolute Gasteiger partial charge is 0.297 e. The summed E-state index contributed by atoms with van der Waals surface area (Å²) in [4.78, 5) is 12.9. The number of rotatable bonds is 26. The standard InChI is InChI=1S/C56H59NO16S/c1-3-5-7-9-11-13-15-17-18-19-20-21-22-23-24-25-26-28-30-32-34-36-38-40-48(61)57-44(45(60)39-37-35-33-31-29-27-16-14-12-10-8-6-4-2)43-67-55-51(64)50(63)53(47(42-59)69-55)70-56-52(65)54(71-74-73-72-66)49(62)46(41-58)68-56/h37,39,44-47,49-56,58-60,62-66H,4,6,8,10,12,14,16,27,29,31,33,35,41-43H2,1-2H3,(H,57,61)/t44-,45+,46?,47?,49?,50?,51?,52?,53?,54?,55?,56?/m0/s1. The molecule has 0 radical (unpaired) electrons. The van der Waals surface area contributed by atoms with E-state index in [2.05, 4.69) is 164 Å². The molecule has 74 heavy (non-hydrogen) atoms. The second-order valence-electron chi connectivity index (χ2n) is 15.6. The Bertz CT molecular complexity index is 2570. The molecule has 390 valence electrons. The molecule has 0 aromatic rings. The molecule has 2 rings (SSSR count). The average molecular weight is 1030 g/mol. The summed E-state index contributed by atoms with van der Waals surface area (Å²) in [5.74, 6) is 58.5. The summed E-state index contributed by atoms with van der Waals surface area (Å²) in [7, 11) is 0. The molecule has 0 saturated carbocycles. The zero-order valence-electron chi connectivity index (χ0n) is 40.9. The van der Waals surface area contributed by atoms with Gasteiger partial charge in [0.2, 0.25) is 0 Å². The van der Waals surface area contributed by atoms with Crippen LogP contribution < -0.4 is 5.32 Å². The lowest BCUT2D eigenvalue weighted by atomic mass is 9.97. The first-order valence-electron chi connectivity index (χ1n) is 23.5. The van der Waals surface area contributed by atoms with Crippen LogP contribution in [0.25, 0.3) is 0 Å². The predicted molar refractivity (Wildman–Crippen MR) is 271 cm³/mol. The molecule has 2 heterocycles. The topological polar surface area (TPSA) is 256 Å². The van der Waals surface area contributed by atoms with Crippen molar-refractivity contribution >= 4 is 18.2 Å². The van der Waals surface area contributed by atoms with Crippen LogP contribution in [0.1, 0.15) is 90.9 Å². The van der Waals surface area contributed by atoms with Crippen LogP contribution in [-0.2, 0) is 37.3 Å². The van der Waals surface area contributed by atoms with Crippen LogP contribution in [0.15, 0.2) is 12.2 Å². The van der Waals surface area contributed by atoms with Crippen molar-refractivity contribution in [2.24, 2.45) is 0 Å². The van der Waals surface area contributed by atoms with Crippen LogP contribution in [0.5, 0.6) is 0 Å². The maximum Gasteiger partial charge on any atom is 0.297 e. The van der Waals surface area contributed by atoms with Crippen molar-refractivity contribution in [2.75, 3.05) is 19.8 Å². The van der Waals surface area contributed by atoms with E-state index in [9.17, 15) is 40.5 Å². The maximum absolute atomic E-state index is 12.9. The van der Waals surface area contributed by atoms with Gasteiger partial charge in [0.05, 0.1) is 32.0 Å². The van der Waals surface area contributed by atoms with Crippen molar-refractivity contribution in [1.82, 2.24) is 5.32 Å². The number of nitrogens with one attached hydrogen (secondary N) is 1. The number of aliphatic hydroxyl groups is 7. The van der Waals surface area contributed by atoms with Gasteiger partial charge in [-0.3, -0.25) is 8.98 Å². The molecule has 12 atom stereocenters. The molecule has 18 heteroatoms. The SMILES string of the molecule is CC#CC#CC#CC#CC#CC#CC#CC#CC#CC#CC#CC#CC(=O)N[C@@H](COC1OC(CO)C(OC2OC(CO)C(O)C(OSOOO)C2O)C(O)C1O)[C@H](O)C=CCCCCCCCCCCCCC. The Labute approximate surface area is 438 Å². The zero-order valence-corrected chi connectivity index (χ0v) is 41.8. The number of aliphatic hydroxyl groups excluding tert-OH is 7. The summed E-state index contributed by atoms with van der Waals surface area (Å²) in [6.45, 7) is 1.77. The summed E-state index contributed by atoms with van der Waals surface area (Å²) in [6, 6.07) is -1.18. The van der Waals surface area contributed by atoms with E-state index in [1.807, 2.05) is 0 Å². The summed E-state index contributed by atoms with van der Waals surface area (Å²) in [5.41, 5.74) is 0. The molecule has 17 nitrogen and oxygen atoms in total. The molecule has 0 spiro atoms. The molecule has 2 saturated heterocycles. The van der Waals surface area contributed by atoms with Crippen LogP contribution in [0, 0.1) is 142 Å². The van der Waals surface area contributed by atoms with E-state index in [0.29, 0.717) is 6.42 Å². The quantitative estimate of drug-likeness (QED) is 0.0145. The van der Waals surface area contributed by atoms with Crippen molar-refractivity contribution in [2.45, 2.75) is 164 Å². The first-order valence-corrected chi connectivity index (χ1v) is 24.2. The van der Waals surface area contributed by atoms with Gasteiger partial charge in [-0.25, -0.2) is 5.26 Å². The highest BCUT2D eigenvalue weighted by Crippen LogP contribution is 2.32. The molecule has 10 unspecified atom stereocenters. The third-order valence-corrected chi connectivity index (χ3v) is 10.6. The van der Waals surface area contributed by atoms with E-state index >= 15 is 0 Å². The van der Waals surface area contributed by atoms with Gasteiger partial charge < -0.3 is 60.0 Å². The van der Waals surface area contributed by atoms with E-state index in [1.165, 1.54) is 51.0 Å². The van der Waals surface area contributed by atoms with Crippen molar-refractivity contribution < 1.29 is 78.3 Å². The second-order valence-corrected chi connectivity index (χ2v) is 16.0. The largest absolute Gasteiger partial charge is 0.394 e. The highest BCUT2D eigenvalue weighted by Gasteiger charge is 2.52. The van der Waals surface area contributed by atoms with Gasteiger partial charge in [0.1, 0.15) is 48.8 Å². The molecule has 1 amide bonds. The van der Waals surface area contributed by atoms with Gasteiger partial charge in [-0.15, -0.1) is 4.33 Å². The van der Waals surface area contributed by atoms with Gasteiger partial charge in [0, 0.05) is 41.4 Å². The first-order chi connectivity index (χ1) is 36.1. The lowest BCUT2D eigenvalue weighted by molar-refractivity contribution is -0.435. The number of unbranched alkanes of at least 4 members (excludes halogenated alkanes) is 11. The minimum absolute atomic E-state index is 0.0299. The van der Waals surface area contributed by atoms with Crippen molar-refractivity contribution in [3.05, 3.63) is 12.2 Å². The van der Waals surface area contributed by atoms with Crippen molar-refractivity contribution in [3.8, 4) is 142 Å². The van der Waals surface area contributed by atoms with Crippen molar-refractivity contribution in [1.29, 1.82) is 0 Å². The minimum atomic E-state index is -1.88. The minimum Gasteiger partial charge on any atom is -0.394 e. The average Bonchev–Trinajstić information content (AvgIpc) is 3.40. The molecule has 0 bridgehead atoms. The van der Waals surface area contributed by atoms with Crippen LogP contribution >= 0.6 is 12.3 Å². The van der Waals surface area contributed by atoms with E-state index in [-0.39, 0.29) is 12.3 Å². The Kier molecular flexibility index (Phi) is 36.3. The molecule has 0 aliphatic carbocycles. The van der Waals surface area contributed by atoms with Crippen LogP contribution in [0.3, 0.4) is 0 Å². The third kappa shape index (κ3) is 27.7. The number of carbonyl (C=O) groups is 1. The summed E-state index contributed by atoms with van der Waals surface area (Å²) in [6.07, 6.45) is -1.08. The Balaban J connectivity index is 2.08. The van der Waals surface area contributed by atoms with Gasteiger partial charge in [-0.1, -0.05) is 94.2 Å². The summed E-state index contributed by atoms with van der Waals surface area (Å²) >= 11 is 0.0299. The molecule has 2 aliphatic heterocycles. The number of ether oxygens (including phenoxy) is 4. The highest BCUT2D eigenvalue weighted by molar-refractivity contribution is 7.89. The predicted octanol–water partition coefficient (Wildman–Crippen LogP) is 0.800. The van der Waals surface area contributed by atoms with E-state index in [4.69, 9.17) is 28.4 Å². The van der Waals surface area contributed by atoms with E-state index in [0.717, 1.165) is 25.7 Å². The molecular formula is C56H59NO16S. The van der Waals surface area contributed by atoms with Crippen LogP contribution in [-0.4, -0.2) is 140 Å². The molecule has 2 aliphatic rings. The van der Waals surface area contributed by atoms with Gasteiger partial charge in [0.25, 0.3) is 5.91 Å². The summed E-state index contributed by atoms with van der Waals surface area (Å²) in [5, 5.41) is 89.1. The Morgan fingerprint density at radius 1 is 0.608 bits per heavy atom. The fourth-order valence-electron chi connectivity index (χ4n) is 6.57. The number of allylic oxidation sites excluding steroid dienone is 1. The highest BCUT2D eigenvalue weighted by atomic mass is 32.2. The van der Waals surface area contributed by atoms with Gasteiger partial charge in [-0.2, -0.15) is 0 Å². The number of hydrogen-bond donors (Lipinski definition) is 9. The summed E-state index contributed by atoms with van der Waals surface area (Å²) < 4.78 is 31.9. The van der Waals surface area contributed by atoms with Crippen molar-refractivity contribution in [3.63, 3.8) is 0 Å². The third-order valence-electron chi connectivity index (χ3n) is 10.2. The molecule has 2 fully saturated rings. The normalized spacial score (nSPS) is 22.6. The molecule has 9 N–H and O–H groups in total.